The molecule has 0 spiro atoms. The van der Waals surface area contributed by atoms with Gasteiger partial charge in [0.25, 0.3) is 0 Å². The summed E-state index contributed by atoms with van der Waals surface area (Å²) in [6.45, 7) is 3.54. The van der Waals surface area contributed by atoms with Crippen molar-refractivity contribution in [3.8, 4) is 0 Å². The number of carbonyl (C=O) groups is 1. The van der Waals surface area contributed by atoms with Crippen molar-refractivity contribution in [3.05, 3.63) is 84.3 Å². The summed E-state index contributed by atoms with van der Waals surface area (Å²) in [5.41, 5.74) is 2.87. The van der Waals surface area contributed by atoms with E-state index in [0.717, 1.165) is 33.7 Å². The molecule has 0 unspecified atom stereocenters. The number of halogens is 3. The summed E-state index contributed by atoms with van der Waals surface area (Å²) < 4.78 is 59.8. The minimum atomic E-state index is -5.08. The van der Waals surface area contributed by atoms with E-state index in [9.17, 15) is 21.6 Å². The highest BCUT2D eigenvalue weighted by Gasteiger charge is 2.38. The molecule has 3 aromatic heterocycles. The van der Waals surface area contributed by atoms with Crippen molar-refractivity contribution in [3.63, 3.8) is 0 Å². The first kappa shape index (κ1) is 30.2. The van der Waals surface area contributed by atoms with Crippen LogP contribution in [0.2, 0.25) is 0 Å². The van der Waals surface area contributed by atoms with Gasteiger partial charge in [-0.25, -0.2) is 27.9 Å². The smallest absolute Gasteiger partial charge is 0.475 e. The molecule has 0 aliphatic rings. The second-order valence-corrected chi connectivity index (χ2v) is 10.2. The molecule has 0 saturated carbocycles. The number of sulfonamides is 1. The molecule has 0 radical (unpaired) electrons. The zero-order valence-corrected chi connectivity index (χ0v) is 22.1. The summed E-state index contributed by atoms with van der Waals surface area (Å²) in [5.74, 6) is -1.26. The summed E-state index contributed by atoms with van der Waals surface area (Å²) in [6, 6.07) is 16.4. The van der Waals surface area contributed by atoms with Crippen molar-refractivity contribution < 1.29 is 31.5 Å². The predicted octanol–water partition coefficient (Wildman–Crippen LogP) is 4.36. The number of aryl methyl sites for hydroxylation is 1. The molecular formula is C26H27F3N6O4S. The number of nitrogens with one attached hydrogen (secondary N) is 3. The van der Waals surface area contributed by atoms with Crippen LogP contribution in [0.15, 0.2) is 78.1 Å². The fraction of sp³-hybridized carbons (Fsp3) is 0.231. The van der Waals surface area contributed by atoms with Gasteiger partial charge in [0.05, 0.1) is 10.4 Å². The number of benzene rings is 1. The van der Waals surface area contributed by atoms with Crippen LogP contribution >= 0.6 is 0 Å². The fourth-order valence-corrected chi connectivity index (χ4v) is 4.34. The van der Waals surface area contributed by atoms with Gasteiger partial charge >= 0.3 is 12.1 Å². The number of pyridine rings is 3. The lowest BCUT2D eigenvalue weighted by atomic mass is 10.2. The van der Waals surface area contributed by atoms with Gasteiger partial charge < -0.3 is 15.7 Å². The quantitative estimate of drug-likeness (QED) is 0.202. The van der Waals surface area contributed by atoms with Crippen LogP contribution in [0.5, 0.6) is 0 Å². The number of aliphatic carboxylic acids is 1. The molecule has 0 amide bonds. The number of anilines is 2. The summed E-state index contributed by atoms with van der Waals surface area (Å²) in [5, 5.41) is 14.3. The lowest BCUT2D eigenvalue weighted by molar-refractivity contribution is -0.192. The highest BCUT2D eigenvalue weighted by atomic mass is 32.2. The van der Waals surface area contributed by atoms with Crippen molar-refractivity contribution in [1.29, 1.82) is 0 Å². The molecule has 212 valence electrons. The van der Waals surface area contributed by atoms with E-state index < -0.39 is 22.2 Å². The van der Waals surface area contributed by atoms with Gasteiger partial charge in [0.2, 0.25) is 10.0 Å². The van der Waals surface area contributed by atoms with Gasteiger partial charge in [-0.2, -0.15) is 13.2 Å². The van der Waals surface area contributed by atoms with Crippen LogP contribution in [0, 0.1) is 6.92 Å². The second-order valence-electron chi connectivity index (χ2n) is 8.47. The Morgan fingerprint density at radius 2 is 1.73 bits per heavy atom. The van der Waals surface area contributed by atoms with Crippen molar-refractivity contribution in [1.82, 2.24) is 19.7 Å². The summed E-state index contributed by atoms with van der Waals surface area (Å²) in [7, 11) is -3.60. The first-order valence-corrected chi connectivity index (χ1v) is 13.4. The van der Waals surface area contributed by atoms with Gasteiger partial charge in [-0.05, 0) is 66.9 Å². The standard InChI is InChI=1S/C24H26N6O2S.C2HF3O2/c1-18-5-9-23(27-15-18)26-12-3-13-29-33(31,32)21-7-8-22-20(14-21)6-10-24(30-22)28-17-19-4-2-11-25-16-19;3-2(4,5)1(6)7/h2,4-11,14-16,29H,3,12-13,17H2,1H3,(H,26,27)(H,28,30);(H,6,7). The van der Waals surface area contributed by atoms with E-state index in [1.807, 2.05) is 43.3 Å². The Bertz CT molecular complexity index is 1520. The number of hydrogen-bond acceptors (Lipinski definition) is 8. The normalized spacial score (nSPS) is 11.4. The van der Waals surface area contributed by atoms with Gasteiger partial charge in [-0.1, -0.05) is 12.1 Å². The minimum Gasteiger partial charge on any atom is -0.475 e. The molecule has 4 rings (SSSR count). The molecule has 0 bridgehead atoms. The summed E-state index contributed by atoms with van der Waals surface area (Å²) in [6.07, 6.45) is 0.876. The van der Waals surface area contributed by atoms with E-state index in [1.54, 1.807) is 36.8 Å². The number of carboxylic acids is 1. The van der Waals surface area contributed by atoms with Crippen LogP contribution in [0.3, 0.4) is 0 Å². The molecule has 0 aliphatic heterocycles. The van der Waals surface area contributed by atoms with Crippen molar-refractivity contribution >= 4 is 38.5 Å². The molecule has 1 aromatic carbocycles. The molecule has 14 heteroatoms. The fourth-order valence-electron chi connectivity index (χ4n) is 3.23. The average Bonchev–Trinajstić information content (AvgIpc) is 2.92. The summed E-state index contributed by atoms with van der Waals surface area (Å²) in [4.78, 5) is 22.1. The molecular weight excluding hydrogens is 549 g/mol. The number of fused-ring (bicyclic) bond motifs is 1. The van der Waals surface area contributed by atoms with Gasteiger partial charge in [-0.15, -0.1) is 0 Å². The van der Waals surface area contributed by atoms with Crippen molar-refractivity contribution in [2.45, 2.75) is 31.0 Å². The van der Waals surface area contributed by atoms with Crippen LogP contribution in [-0.2, 0) is 21.4 Å². The van der Waals surface area contributed by atoms with E-state index >= 15 is 0 Å². The molecule has 4 N–H and O–H groups in total. The Labute approximate surface area is 228 Å². The Hall–Kier alpha value is -4.30. The van der Waals surface area contributed by atoms with Crippen molar-refractivity contribution in [2.75, 3.05) is 23.7 Å². The zero-order valence-electron chi connectivity index (χ0n) is 21.3. The third-order valence-electron chi connectivity index (χ3n) is 5.27. The Morgan fingerprint density at radius 3 is 2.38 bits per heavy atom. The molecule has 0 fully saturated rings. The first-order valence-electron chi connectivity index (χ1n) is 11.9. The SMILES string of the molecule is Cc1ccc(NCCCNS(=O)(=O)c2ccc3nc(NCc4cccnc4)ccc3c2)nc1.O=C(O)C(F)(F)F. The van der Waals surface area contributed by atoms with E-state index in [0.29, 0.717) is 26.1 Å². The zero-order chi connectivity index (χ0) is 29.2. The molecule has 0 aliphatic carbocycles. The number of rotatable bonds is 10. The van der Waals surface area contributed by atoms with Crippen molar-refractivity contribution in [2.24, 2.45) is 0 Å². The largest absolute Gasteiger partial charge is 0.490 e. The molecule has 10 nitrogen and oxygen atoms in total. The number of aromatic nitrogens is 3. The Kier molecular flexibility index (Phi) is 10.3. The minimum absolute atomic E-state index is 0.223. The molecule has 4 aromatic rings. The maximum absolute atomic E-state index is 12.7. The predicted molar refractivity (Wildman–Crippen MR) is 144 cm³/mol. The topological polar surface area (TPSA) is 146 Å². The van der Waals surface area contributed by atoms with Crippen LogP contribution < -0.4 is 15.4 Å². The van der Waals surface area contributed by atoms with Gasteiger partial charge in [-0.3, -0.25) is 4.98 Å². The van der Waals surface area contributed by atoms with E-state index in [2.05, 4.69) is 30.3 Å². The maximum Gasteiger partial charge on any atom is 0.490 e. The van der Waals surface area contributed by atoms with Gasteiger partial charge in [0, 0.05) is 43.6 Å². The van der Waals surface area contributed by atoms with Crippen LogP contribution in [0.25, 0.3) is 10.9 Å². The monoisotopic (exact) mass is 576 g/mol. The first-order chi connectivity index (χ1) is 18.9. The van der Waals surface area contributed by atoms with E-state index in [1.165, 1.54) is 0 Å². The van der Waals surface area contributed by atoms with Crippen LogP contribution in [-0.4, -0.2) is 53.7 Å². The number of alkyl halides is 3. The third-order valence-corrected chi connectivity index (χ3v) is 6.73. The highest BCUT2D eigenvalue weighted by Crippen LogP contribution is 2.20. The second kappa shape index (κ2) is 13.7. The number of carboxylic acid groups (broad SMARTS) is 1. The maximum atomic E-state index is 12.7. The van der Waals surface area contributed by atoms with Gasteiger partial charge in [0.15, 0.2) is 0 Å². The lowest BCUT2D eigenvalue weighted by Gasteiger charge is -2.10. The van der Waals surface area contributed by atoms with E-state index in [4.69, 9.17) is 9.90 Å². The highest BCUT2D eigenvalue weighted by molar-refractivity contribution is 7.89. The van der Waals surface area contributed by atoms with Crippen LogP contribution in [0.1, 0.15) is 17.5 Å². The summed E-state index contributed by atoms with van der Waals surface area (Å²) >= 11 is 0. The Morgan fingerprint density at radius 1 is 0.975 bits per heavy atom. The lowest BCUT2D eigenvalue weighted by Crippen LogP contribution is -2.26. The average molecular weight is 577 g/mol. The molecule has 0 saturated heterocycles. The van der Waals surface area contributed by atoms with E-state index in [-0.39, 0.29) is 4.90 Å². The third kappa shape index (κ3) is 9.47. The molecule has 3 heterocycles. The van der Waals surface area contributed by atoms with Gasteiger partial charge in [0.1, 0.15) is 11.6 Å². The molecule has 40 heavy (non-hydrogen) atoms. The van der Waals surface area contributed by atoms with Crippen LogP contribution in [0.4, 0.5) is 24.8 Å². The number of nitrogens with zero attached hydrogens (tertiary/aromatic N) is 3. The molecule has 0 atom stereocenters. The number of hydrogen-bond donors (Lipinski definition) is 4. The Balaban J connectivity index is 0.000000559.